The molecule has 0 aliphatic heterocycles. The van der Waals surface area contributed by atoms with Crippen LogP contribution in [0.4, 0.5) is 0 Å². The van der Waals surface area contributed by atoms with Crippen LogP contribution in [0.3, 0.4) is 0 Å². The topological polar surface area (TPSA) is 72.8 Å². The maximum Gasteiger partial charge on any atom is 0.335 e. The van der Waals surface area contributed by atoms with Crippen LogP contribution in [0.5, 0.6) is 5.75 Å². The lowest BCUT2D eigenvalue weighted by molar-refractivity contribution is -0.155. The summed E-state index contributed by atoms with van der Waals surface area (Å²) >= 11 is 0. The van der Waals surface area contributed by atoms with E-state index in [1.807, 2.05) is 0 Å². The number of rotatable bonds is 5. The molecule has 19 heavy (non-hydrogen) atoms. The van der Waals surface area contributed by atoms with Crippen molar-refractivity contribution in [3.05, 3.63) is 29.8 Å². The number of carboxylic acids is 1. The fourth-order valence-corrected chi connectivity index (χ4v) is 1.36. The van der Waals surface area contributed by atoms with Gasteiger partial charge >= 0.3 is 11.9 Å². The van der Waals surface area contributed by atoms with E-state index in [9.17, 15) is 9.59 Å². The zero-order valence-electron chi connectivity index (χ0n) is 11.3. The molecule has 0 aliphatic rings. The number of carbonyl (C=O) groups excluding carboxylic acids is 1. The summed E-state index contributed by atoms with van der Waals surface area (Å²) in [6.45, 7) is 5.53. The average Bonchev–Trinajstić information content (AvgIpc) is 2.27. The number of hydrogen-bond acceptors (Lipinski definition) is 4. The molecule has 0 spiro atoms. The maximum atomic E-state index is 11.4. The Labute approximate surface area is 112 Å². The van der Waals surface area contributed by atoms with Gasteiger partial charge in [0.05, 0.1) is 18.6 Å². The molecule has 104 valence electrons. The van der Waals surface area contributed by atoms with Crippen LogP contribution in [0.1, 0.15) is 37.6 Å². The average molecular weight is 266 g/mol. The third-order valence-corrected chi connectivity index (χ3v) is 2.08. The van der Waals surface area contributed by atoms with E-state index in [1.54, 1.807) is 32.9 Å². The third-order valence-electron chi connectivity index (χ3n) is 2.08. The van der Waals surface area contributed by atoms with Gasteiger partial charge in [-0.25, -0.2) is 4.79 Å². The second-order valence-corrected chi connectivity index (χ2v) is 5.02. The Kier molecular flexibility index (Phi) is 4.92. The summed E-state index contributed by atoms with van der Waals surface area (Å²) in [6, 6.07) is 6.12. The highest BCUT2D eigenvalue weighted by Gasteiger charge is 2.16. The molecule has 1 rings (SSSR count). The monoisotopic (exact) mass is 266 g/mol. The first-order valence-corrected chi connectivity index (χ1v) is 5.96. The standard InChI is InChI=1S/C14H18O5/c1-14(2,3)19-12(15)7-8-18-11-6-4-5-10(9-11)13(16)17/h4-6,9H,7-8H2,1-3H3,(H,16,17). The molecule has 0 amide bonds. The number of benzene rings is 1. The Morgan fingerprint density at radius 1 is 1.26 bits per heavy atom. The SMILES string of the molecule is CC(C)(C)OC(=O)CCOc1cccc(C(=O)O)c1. The van der Waals surface area contributed by atoms with Crippen molar-refractivity contribution >= 4 is 11.9 Å². The van der Waals surface area contributed by atoms with Crippen LogP contribution in [0.25, 0.3) is 0 Å². The largest absolute Gasteiger partial charge is 0.493 e. The number of esters is 1. The van der Waals surface area contributed by atoms with Crippen LogP contribution in [0.2, 0.25) is 0 Å². The summed E-state index contributed by atoms with van der Waals surface area (Å²) < 4.78 is 10.4. The van der Waals surface area contributed by atoms with Gasteiger partial charge in [-0.15, -0.1) is 0 Å². The van der Waals surface area contributed by atoms with Gasteiger partial charge in [0.2, 0.25) is 0 Å². The second-order valence-electron chi connectivity index (χ2n) is 5.02. The Bertz CT molecular complexity index is 459. The summed E-state index contributed by atoms with van der Waals surface area (Å²) in [6.07, 6.45) is 0.120. The Morgan fingerprint density at radius 2 is 1.95 bits per heavy atom. The number of ether oxygens (including phenoxy) is 2. The van der Waals surface area contributed by atoms with Crippen LogP contribution in [-0.2, 0) is 9.53 Å². The summed E-state index contributed by atoms with van der Waals surface area (Å²) in [5.74, 6) is -0.942. The molecule has 0 heterocycles. The molecule has 0 bridgehead atoms. The summed E-state index contributed by atoms with van der Waals surface area (Å²) in [7, 11) is 0. The van der Waals surface area contributed by atoms with Gasteiger partial charge < -0.3 is 14.6 Å². The van der Waals surface area contributed by atoms with Crippen molar-refractivity contribution < 1.29 is 24.2 Å². The van der Waals surface area contributed by atoms with Crippen LogP contribution >= 0.6 is 0 Å². The quantitative estimate of drug-likeness (QED) is 0.829. The molecule has 0 saturated heterocycles. The van der Waals surface area contributed by atoms with Gasteiger partial charge in [0.1, 0.15) is 11.4 Å². The van der Waals surface area contributed by atoms with Crippen molar-refractivity contribution in [2.75, 3.05) is 6.61 Å². The van der Waals surface area contributed by atoms with E-state index in [-0.39, 0.29) is 24.6 Å². The third kappa shape index (κ3) is 5.90. The smallest absolute Gasteiger partial charge is 0.335 e. The van der Waals surface area contributed by atoms with Crippen LogP contribution in [-0.4, -0.2) is 29.3 Å². The van der Waals surface area contributed by atoms with Crippen molar-refractivity contribution in [2.24, 2.45) is 0 Å². The minimum absolute atomic E-state index is 0.120. The minimum atomic E-state index is -1.02. The van der Waals surface area contributed by atoms with Crippen molar-refractivity contribution in [3.63, 3.8) is 0 Å². The molecule has 0 aliphatic carbocycles. The van der Waals surface area contributed by atoms with Crippen LogP contribution in [0, 0.1) is 0 Å². The van der Waals surface area contributed by atoms with Gasteiger partial charge in [-0.3, -0.25) is 4.79 Å². The first-order chi connectivity index (χ1) is 8.78. The Balaban J connectivity index is 2.43. The van der Waals surface area contributed by atoms with Gasteiger partial charge in [-0.2, -0.15) is 0 Å². The highest BCUT2D eigenvalue weighted by Crippen LogP contribution is 2.14. The van der Waals surface area contributed by atoms with Gasteiger partial charge in [-0.05, 0) is 39.0 Å². The molecule has 5 nitrogen and oxygen atoms in total. The van der Waals surface area contributed by atoms with Crippen molar-refractivity contribution in [2.45, 2.75) is 32.8 Å². The van der Waals surface area contributed by atoms with Crippen molar-refractivity contribution in [1.82, 2.24) is 0 Å². The highest BCUT2D eigenvalue weighted by molar-refractivity contribution is 5.88. The molecule has 1 N–H and O–H groups in total. The summed E-state index contributed by atoms with van der Waals surface area (Å²) in [5, 5.41) is 8.82. The van der Waals surface area contributed by atoms with Gasteiger partial charge in [0.25, 0.3) is 0 Å². The predicted molar refractivity (Wildman–Crippen MR) is 69.4 cm³/mol. The molecule has 0 fully saturated rings. The molecule has 0 saturated carbocycles. The minimum Gasteiger partial charge on any atom is -0.493 e. The molecule has 1 aromatic carbocycles. The highest BCUT2D eigenvalue weighted by atomic mass is 16.6. The lowest BCUT2D eigenvalue weighted by atomic mass is 10.2. The first kappa shape index (κ1) is 15.0. The fourth-order valence-electron chi connectivity index (χ4n) is 1.36. The van der Waals surface area contributed by atoms with E-state index >= 15 is 0 Å². The van der Waals surface area contributed by atoms with Gasteiger partial charge in [-0.1, -0.05) is 6.07 Å². The summed E-state index contributed by atoms with van der Waals surface area (Å²) in [5.41, 5.74) is -0.366. The van der Waals surface area contributed by atoms with E-state index in [0.717, 1.165) is 0 Å². The van der Waals surface area contributed by atoms with Gasteiger partial charge in [0, 0.05) is 0 Å². The lowest BCUT2D eigenvalue weighted by Crippen LogP contribution is -2.24. The molecular formula is C14H18O5. The van der Waals surface area contributed by atoms with Crippen molar-refractivity contribution in [3.8, 4) is 5.75 Å². The predicted octanol–water partition coefficient (Wildman–Crippen LogP) is 2.50. The summed E-state index contributed by atoms with van der Waals surface area (Å²) in [4.78, 5) is 22.2. The van der Waals surface area contributed by atoms with E-state index in [2.05, 4.69) is 0 Å². The number of carboxylic acid groups (broad SMARTS) is 1. The van der Waals surface area contributed by atoms with Crippen molar-refractivity contribution in [1.29, 1.82) is 0 Å². The normalized spacial score (nSPS) is 10.9. The molecule has 0 atom stereocenters. The van der Waals surface area contributed by atoms with E-state index in [0.29, 0.717) is 5.75 Å². The maximum absolute atomic E-state index is 11.4. The number of carbonyl (C=O) groups is 2. The molecule has 1 aromatic rings. The number of hydrogen-bond donors (Lipinski definition) is 1. The lowest BCUT2D eigenvalue weighted by Gasteiger charge is -2.19. The zero-order chi connectivity index (χ0) is 14.5. The molecule has 5 heteroatoms. The molecule has 0 unspecified atom stereocenters. The van der Waals surface area contributed by atoms with Crippen LogP contribution < -0.4 is 4.74 Å². The Morgan fingerprint density at radius 3 is 2.53 bits per heavy atom. The van der Waals surface area contributed by atoms with E-state index < -0.39 is 11.6 Å². The fraction of sp³-hybridized carbons (Fsp3) is 0.429. The van der Waals surface area contributed by atoms with E-state index in [4.69, 9.17) is 14.6 Å². The second kappa shape index (κ2) is 6.22. The molecule has 0 aromatic heterocycles. The Hall–Kier alpha value is -2.04. The molecule has 0 radical (unpaired) electrons. The number of aromatic carboxylic acids is 1. The molecular weight excluding hydrogens is 248 g/mol. The first-order valence-electron chi connectivity index (χ1n) is 5.96. The van der Waals surface area contributed by atoms with Gasteiger partial charge in [0.15, 0.2) is 0 Å². The zero-order valence-corrected chi connectivity index (χ0v) is 11.3. The van der Waals surface area contributed by atoms with Crippen LogP contribution in [0.15, 0.2) is 24.3 Å². The van der Waals surface area contributed by atoms with E-state index in [1.165, 1.54) is 12.1 Å².